The molecule has 0 amide bonds. The molecule has 1 rings (SSSR count). The van der Waals surface area contributed by atoms with Crippen molar-refractivity contribution in [2.24, 2.45) is 5.16 Å². The first kappa shape index (κ1) is 5.74. The monoisotopic (exact) mass is 127 g/mol. The van der Waals surface area contributed by atoms with Crippen molar-refractivity contribution in [2.45, 2.75) is 0 Å². The third-order valence-electron chi connectivity index (χ3n) is 0.653. The van der Waals surface area contributed by atoms with Crippen LogP contribution in [-0.4, -0.2) is 17.5 Å². The van der Waals surface area contributed by atoms with Gasteiger partial charge < -0.3 is 9.36 Å². The molecule has 0 aliphatic heterocycles. The van der Waals surface area contributed by atoms with Crippen LogP contribution in [0.2, 0.25) is 0 Å². The molecule has 0 aliphatic carbocycles. The Morgan fingerprint density at radius 1 is 1.78 bits per heavy atom. The van der Waals surface area contributed by atoms with E-state index in [1.165, 1.54) is 19.4 Å². The van der Waals surface area contributed by atoms with E-state index in [-0.39, 0.29) is 0 Å². The largest absolute Gasteiger partial charge is 0.397 e. The van der Waals surface area contributed by atoms with Crippen LogP contribution in [0.4, 0.5) is 0 Å². The van der Waals surface area contributed by atoms with E-state index in [1.54, 1.807) is 0 Å². The number of hydrogen-bond donors (Lipinski definition) is 0. The number of rotatable bonds is 1. The Bertz CT molecular complexity index is 214. The highest BCUT2D eigenvalue weighted by molar-refractivity contribution is 4.67. The molecule has 1 heterocycles. The zero-order chi connectivity index (χ0) is 6.53. The minimum atomic E-state index is 0.392. The first-order valence-electron chi connectivity index (χ1n) is 2.28. The fourth-order valence-corrected chi connectivity index (χ4v) is 0.359. The molecule has 48 valence electrons. The Morgan fingerprint density at radius 2 is 2.67 bits per heavy atom. The number of aromatic nitrogens is 2. The molecule has 0 N–H and O–H groups in total. The Balaban J connectivity index is 2.97. The Morgan fingerprint density at radius 3 is 3.22 bits per heavy atom. The van der Waals surface area contributed by atoms with Crippen molar-refractivity contribution in [1.82, 2.24) is 10.4 Å². The molecule has 9 heavy (non-hydrogen) atoms. The molecule has 0 aliphatic rings. The van der Waals surface area contributed by atoms with Gasteiger partial charge in [-0.2, -0.15) is 0 Å². The average molecular weight is 127 g/mol. The minimum Gasteiger partial charge on any atom is -0.397 e. The van der Waals surface area contributed by atoms with Gasteiger partial charge in [0.05, 0.1) is 0 Å². The van der Waals surface area contributed by atoms with Crippen molar-refractivity contribution in [1.29, 1.82) is 0 Å². The lowest BCUT2D eigenvalue weighted by Crippen LogP contribution is -2.07. The van der Waals surface area contributed by atoms with Crippen LogP contribution in [0.25, 0.3) is 0 Å². The molecule has 0 unspecified atom stereocenters. The van der Waals surface area contributed by atoms with Crippen molar-refractivity contribution >= 4 is 0 Å². The van der Waals surface area contributed by atoms with Crippen LogP contribution >= 0.6 is 0 Å². The molecular weight excluding hydrogens is 122 g/mol. The van der Waals surface area contributed by atoms with Gasteiger partial charge in [-0.05, 0) is 0 Å². The van der Waals surface area contributed by atoms with Crippen LogP contribution in [-0.2, 0) is 4.84 Å². The number of hydrogen-bond acceptors (Lipinski definition) is 5. The summed E-state index contributed by atoms with van der Waals surface area (Å²) in [6.07, 6.45) is 1.37. The zero-order valence-electron chi connectivity index (χ0n) is 4.81. The van der Waals surface area contributed by atoms with Crippen LogP contribution in [0.3, 0.4) is 0 Å². The van der Waals surface area contributed by atoms with Gasteiger partial charge in [0.15, 0.2) is 0 Å². The Labute approximate surface area is 50.9 Å². The van der Waals surface area contributed by atoms with Crippen molar-refractivity contribution in [2.75, 3.05) is 7.11 Å². The molecule has 1 aromatic rings. The Kier molecular flexibility index (Phi) is 1.79. The van der Waals surface area contributed by atoms with Gasteiger partial charge in [-0.3, -0.25) is 0 Å². The standard InChI is InChI=1S/C4H5N3O2/c1-8-6-4-2-3-9-7-5-4/h2-3H,1H3. The van der Waals surface area contributed by atoms with Crippen LogP contribution in [0.1, 0.15) is 0 Å². The van der Waals surface area contributed by atoms with Gasteiger partial charge in [-0.25, -0.2) is 0 Å². The molecule has 0 saturated heterocycles. The summed E-state index contributed by atoms with van der Waals surface area (Å²) in [7, 11) is 1.44. The molecule has 0 radical (unpaired) electrons. The minimum absolute atomic E-state index is 0.392. The van der Waals surface area contributed by atoms with Crippen LogP contribution in [0, 0.1) is 0 Å². The summed E-state index contributed by atoms with van der Waals surface area (Å²) in [5.41, 5.74) is 0.392. The Hall–Kier alpha value is -1.39. The van der Waals surface area contributed by atoms with E-state index in [1.807, 2.05) is 0 Å². The molecule has 1 aromatic heterocycles. The fraction of sp³-hybridized carbons (Fsp3) is 0.250. The van der Waals surface area contributed by atoms with E-state index in [2.05, 4.69) is 24.9 Å². The van der Waals surface area contributed by atoms with Gasteiger partial charge in [0, 0.05) is 11.3 Å². The van der Waals surface area contributed by atoms with Gasteiger partial charge in [-0.1, -0.05) is 10.3 Å². The molecule has 0 aromatic carbocycles. The summed E-state index contributed by atoms with van der Waals surface area (Å²) in [6.45, 7) is 0. The van der Waals surface area contributed by atoms with Gasteiger partial charge in [-0.15, -0.1) is 0 Å². The second-order valence-electron chi connectivity index (χ2n) is 1.22. The first-order valence-corrected chi connectivity index (χ1v) is 2.28. The molecule has 5 nitrogen and oxygen atoms in total. The van der Waals surface area contributed by atoms with Crippen LogP contribution in [0.15, 0.2) is 22.0 Å². The lowest BCUT2D eigenvalue weighted by molar-refractivity contribution is 0.194. The SMILES string of the molecule is CON=c1cconn1. The normalized spacial score (nSPS) is 11.4. The molecule has 0 saturated carbocycles. The van der Waals surface area contributed by atoms with E-state index >= 15 is 0 Å². The maximum atomic E-state index is 4.41. The summed E-state index contributed by atoms with van der Waals surface area (Å²) >= 11 is 0. The van der Waals surface area contributed by atoms with Crippen molar-refractivity contribution in [3.05, 3.63) is 17.8 Å². The topological polar surface area (TPSA) is 60.5 Å². The average Bonchev–Trinajstić information content (AvgIpc) is 1.91. The summed E-state index contributed by atoms with van der Waals surface area (Å²) in [6, 6.07) is 1.54. The highest BCUT2D eigenvalue weighted by atomic mass is 16.6. The molecule has 5 heteroatoms. The lowest BCUT2D eigenvalue weighted by atomic mass is 10.7. The van der Waals surface area contributed by atoms with Crippen LogP contribution < -0.4 is 5.49 Å². The van der Waals surface area contributed by atoms with Crippen molar-refractivity contribution in [3.63, 3.8) is 0 Å². The summed E-state index contributed by atoms with van der Waals surface area (Å²) in [5.74, 6) is 0. The third-order valence-corrected chi connectivity index (χ3v) is 0.653. The second-order valence-corrected chi connectivity index (χ2v) is 1.22. The van der Waals surface area contributed by atoms with Gasteiger partial charge >= 0.3 is 0 Å². The van der Waals surface area contributed by atoms with E-state index in [4.69, 9.17) is 0 Å². The molecule has 0 bridgehead atoms. The van der Waals surface area contributed by atoms with Crippen molar-refractivity contribution in [3.8, 4) is 0 Å². The van der Waals surface area contributed by atoms with Crippen molar-refractivity contribution < 1.29 is 9.36 Å². The summed E-state index contributed by atoms with van der Waals surface area (Å²) in [4.78, 5) is 4.41. The molecule has 0 spiro atoms. The number of nitrogens with zero attached hydrogens (tertiary/aromatic N) is 3. The zero-order valence-corrected chi connectivity index (χ0v) is 4.81. The second kappa shape index (κ2) is 2.81. The van der Waals surface area contributed by atoms with Gasteiger partial charge in [0.2, 0.25) is 5.49 Å². The maximum Gasteiger partial charge on any atom is 0.219 e. The highest BCUT2D eigenvalue weighted by Crippen LogP contribution is 1.65. The van der Waals surface area contributed by atoms with E-state index < -0.39 is 0 Å². The first-order chi connectivity index (χ1) is 4.43. The summed E-state index contributed by atoms with van der Waals surface area (Å²) < 4.78 is 4.39. The fourth-order valence-electron chi connectivity index (χ4n) is 0.359. The molecule has 0 atom stereocenters. The van der Waals surface area contributed by atoms with Gasteiger partial charge in [0.25, 0.3) is 0 Å². The molecular formula is C4H5N3O2. The predicted octanol–water partition coefficient (Wildman–Crippen LogP) is -0.468. The van der Waals surface area contributed by atoms with Crippen LogP contribution in [0.5, 0.6) is 0 Å². The van der Waals surface area contributed by atoms with E-state index in [9.17, 15) is 0 Å². The quantitative estimate of drug-likeness (QED) is 0.478. The molecule has 0 fully saturated rings. The third kappa shape index (κ3) is 1.52. The lowest BCUT2D eigenvalue weighted by Gasteiger charge is -1.81. The maximum absolute atomic E-state index is 4.41. The van der Waals surface area contributed by atoms with E-state index in [0.29, 0.717) is 5.49 Å². The highest BCUT2D eigenvalue weighted by Gasteiger charge is 1.78. The predicted molar refractivity (Wildman–Crippen MR) is 26.9 cm³/mol. The smallest absolute Gasteiger partial charge is 0.219 e. The van der Waals surface area contributed by atoms with E-state index in [0.717, 1.165) is 0 Å². The summed E-state index contributed by atoms with van der Waals surface area (Å²) in [5, 5.41) is 10.1. The van der Waals surface area contributed by atoms with Gasteiger partial charge in [0.1, 0.15) is 13.4 Å².